The van der Waals surface area contributed by atoms with Crippen molar-refractivity contribution in [1.29, 1.82) is 0 Å². The number of aromatic nitrogens is 1. The van der Waals surface area contributed by atoms with Crippen molar-refractivity contribution in [2.24, 2.45) is 0 Å². The van der Waals surface area contributed by atoms with Gasteiger partial charge in [-0.05, 0) is 106 Å². The summed E-state index contributed by atoms with van der Waals surface area (Å²) in [6.07, 6.45) is -2.68. The van der Waals surface area contributed by atoms with Crippen LogP contribution in [0.2, 0.25) is 0 Å². The summed E-state index contributed by atoms with van der Waals surface area (Å²) in [5.41, 5.74) is 2.11. The molecule has 0 bridgehead atoms. The number of rotatable bonds is 13. The predicted octanol–water partition coefficient (Wildman–Crippen LogP) is 6.88. The smallest absolute Gasteiger partial charge is 0.308 e. The van der Waals surface area contributed by atoms with Gasteiger partial charge in [0, 0.05) is 17.8 Å². The van der Waals surface area contributed by atoms with E-state index in [1.165, 1.54) is 60.7 Å². The number of hydrogen-bond donors (Lipinski definition) is 3. The lowest BCUT2D eigenvalue weighted by molar-refractivity contribution is -0.157. The lowest BCUT2D eigenvalue weighted by Crippen LogP contribution is -2.31. The highest BCUT2D eigenvalue weighted by molar-refractivity contribution is 7.90. The minimum Gasteiger partial charge on any atom is -0.460 e. The number of amides is 1. The SMILES string of the molecule is Cc1ccc(S(=O)(=O)NC(=O)c2c(-c3ccc(F)cc3)c(-c3ccc(F)cc3)n(CC[C@@H](O)C[C@@H](O)CC(=O)OC(C)(C)C)c2C(C)C)cc1. The van der Waals surface area contributed by atoms with Crippen LogP contribution in [0.1, 0.15) is 81.4 Å². The number of aryl methyl sites for hydroxylation is 1. The van der Waals surface area contributed by atoms with Gasteiger partial charge in [0.15, 0.2) is 0 Å². The number of nitrogens with one attached hydrogen (secondary N) is 1. The third-order valence-electron chi connectivity index (χ3n) is 7.94. The number of esters is 1. The molecule has 4 rings (SSSR count). The second-order valence-electron chi connectivity index (χ2n) is 13.7. The van der Waals surface area contributed by atoms with Crippen LogP contribution in [-0.4, -0.2) is 52.9 Å². The molecule has 9 nitrogen and oxygen atoms in total. The molecule has 0 saturated heterocycles. The Labute approximate surface area is 292 Å². The summed E-state index contributed by atoms with van der Waals surface area (Å²) in [5.74, 6) is -2.95. The number of aliphatic hydroxyl groups is 2. The molecule has 0 aliphatic rings. The van der Waals surface area contributed by atoms with Crippen molar-refractivity contribution in [3.8, 4) is 22.4 Å². The zero-order valence-corrected chi connectivity index (χ0v) is 29.9. The number of halogens is 2. The number of carbonyl (C=O) groups is 2. The first-order valence-electron chi connectivity index (χ1n) is 16.4. The normalized spacial score (nSPS) is 13.3. The van der Waals surface area contributed by atoms with Crippen molar-refractivity contribution in [3.63, 3.8) is 0 Å². The maximum atomic E-state index is 14.3. The largest absolute Gasteiger partial charge is 0.460 e. The van der Waals surface area contributed by atoms with Crippen LogP contribution in [0.5, 0.6) is 0 Å². The summed E-state index contributed by atoms with van der Waals surface area (Å²) in [7, 11) is -4.33. The Bertz CT molecular complexity index is 1910. The van der Waals surface area contributed by atoms with E-state index in [1.807, 2.05) is 13.8 Å². The van der Waals surface area contributed by atoms with Crippen molar-refractivity contribution >= 4 is 21.9 Å². The van der Waals surface area contributed by atoms with Gasteiger partial charge < -0.3 is 19.5 Å². The van der Waals surface area contributed by atoms with Crippen LogP contribution in [0.25, 0.3) is 22.4 Å². The van der Waals surface area contributed by atoms with Gasteiger partial charge in [0.1, 0.15) is 17.2 Å². The molecule has 50 heavy (non-hydrogen) atoms. The lowest BCUT2D eigenvalue weighted by atomic mass is 9.94. The summed E-state index contributed by atoms with van der Waals surface area (Å²) >= 11 is 0. The summed E-state index contributed by atoms with van der Waals surface area (Å²) in [5, 5.41) is 21.6. The van der Waals surface area contributed by atoms with Crippen molar-refractivity contribution in [1.82, 2.24) is 9.29 Å². The highest BCUT2D eigenvalue weighted by Crippen LogP contribution is 2.42. The molecule has 0 aliphatic heterocycles. The third-order valence-corrected chi connectivity index (χ3v) is 9.29. The van der Waals surface area contributed by atoms with Crippen LogP contribution in [0.15, 0.2) is 77.7 Å². The first kappa shape index (κ1) is 38.4. The summed E-state index contributed by atoms with van der Waals surface area (Å²) < 4.78 is 64.5. The molecule has 3 N–H and O–H groups in total. The average Bonchev–Trinajstić information content (AvgIpc) is 3.35. The Morgan fingerprint density at radius 2 is 1.40 bits per heavy atom. The molecule has 0 spiro atoms. The van der Waals surface area contributed by atoms with Crippen LogP contribution < -0.4 is 4.72 Å². The fourth-order valence-electron chi connectivity index (χ4n) is 5.82. The Morgan fingerprint density at radius 1 is 0.860 bits per heavy atom. The first-order valence-corrected chi connectivity index (χ1v) is 17.8. The molecule has 268 valence electrons. The van der Waals surface area contributed by atoms with E-state index in [0.29, 0.717) is 22.5 Å². The highest BCUT2D eigenvalue weighted by atomic mass is 32.2. The molecule has 0 radical (unpaired) electrons. The van der Waals surface area contributed by atoms with Crippen molar-refractivity contribution in [2.45, 2.75) is 96.0 Å². The molecule has 0 aliphatic carbocycles. The average molecular weight is 711 g/mol. The molecule has 3 aromatic carbocycles. The van der Waals surface area contributed by atoms with Crippen molar-refractivity contribution < 1.29 is 41.7 Å². The van der Waals surface area contributed by atoms with Crippen LogP contribution in [0.3, 0.4) is 0 Å². The van der Waals surface area contributed by atoms with E-state index >= 15 is 0 Å². The highest BCUT2D eigenvalue weighted by Gasteiger charge is 2.33. The van der Waals surface area contributed by atoms with E-state index in [0.717, 1.165) is 5.56 Å². The molecular weight excluding hydrogens is 666 g/mol. The van der Waals surface area contributed by atoms with Crippen LogP contribution in [-0.2, 0) is 26.1 Å². The maximum absolute atomic E-state index is 14.3. The van der Waals surface area contributed by atoms with Gasteiger partial charge in [0.25, 0.3) is 15.9 Å². The number of sulfonamides is 1. The molecule has 1 heterocycles. The van der Waals surface area contributed by atoms with E-state index in [9.17, 15) is 37.0 Å². The van der Waals surface area contributed by atoms with E-state index in [1.54, 1.807) is 44.4 Å². The van der Waals surface area contributed by atoms with Crippen molar-refractivity contribution in [2.75, 3.05) is 0 Å². The zero-order valence-electron chi connectivity index (χ0n) is 29.0. The maximum Gasteiger partial charge on any atom is 0.308 e. The standard InChI is InChI=1S/C38H44F2N2O7S/c1-23(2)35-34(37(46)41-50(47,48)31-17-7-24(3)8-18-31)33(25-9-13-27(39)14-10-25)36(26-11-15-28(40)16-12-26)42(35)20-19-29(43)21-30(44)22-32(45)49-38(4,5)6/h7-18,23,29-30,43-44H,19-22H2,1-6H3,(H,41,46)/t29-,30-/m1/s1. The van der Waals surface area contributed by atoms with E-state index in [-0.39, 0.29) is 47.7 Å². The second kappa shape index (κ2) is 15.7. The number of ether oxygens (including phenoxy) is 1. The molecule has 1 amide bonds. The monoisotopic (exact) mass is 710 g/mol. The van der Waals surface area contributed by atoms with Gasteiger partial charge in [-0.2, -0.15) is 0 Å². The summed E-state index contributed by atoms with van der Waals surface area (Å²) in [4.78, 5) is 26.4. The van der Waals surface area contributed by atoms with Gasteiger partial charge in [-0.1, -0.05) is 43.7 Å². The second-order valence-corrected chi connectivity index (χ2v) is 15.4. The molecule has 4 aromatic rings. The molecule has 12 heteroatoms. The Morgan fingerprint density at radius 3 is 1.92 bits per heavy atom. The van der Waals surface area contributed by atoms with E-state index < -0.39 is 51.3 Å². The molecule has 2 atom stereocenters. The van der Waals surface area contributed by atoms with Gasteiger partial charge in [0.05, 0.1) is 34.8 Å². The minimum atomic E-state index is -4.33. The number of aliphatic hydroxyl groups excluding tert-OH is 2. The fraction of sp³-hybridized carbons (Fsp3) is 0.368. The van der Waals surface area contributed by atoms with Gasteiger partial charge in [-0.25, -0.2) is 21.9 Å². The van der Waals surface area contributed by atoms with Crippen LogP contribution >= 0.6 is 0 Å². The van der Waals surface area contributed by atoms with E-state index in [4.69, 9.17) is 4.74 Å². The molecular formula is C38H44F2N2O7S. The Hall–Kier alpha value is -4.39. The summed E-state index contributed by atoms with van der Waals surface area (Å²) in [6, 6.07) is 16.9. The topological polar surface area (TPSA) is 135 Å². The van der Waals surface area contributed by atoms with Gasteiger partial charge in [0.2, 0.25) is 0 Å². The Kier molecular flexibility index (Phi) is 12.0. The molecule has 0 saturated carbocycles. The van der Waals surface area contributed by atoms with Crippen LogP contribution in [0, 0.1) is 18.6 Å². The van der Waals surface area contributed by atoms with Gasteiger partial charge in [-0.15, -0.1) is 0 Å². The van der Waals surface area contributed by atoms with Crippen LogP contribution in [0.4, 0.5) is 8.78 Å². The number of hydrogen-bond acceptors (Lipinski definition) is 7. The fourth-order valence-corrected chi connectivity index (χ4v) is 6.78. The van der Waals surface area contributed by atoms with Crippen molar-refractivity contribution in [3.05, 3.63) is 101 Å². The number of nitrogens with zero attached hydrogens (tertiary/aromatic N) is 1. The lowest BCUT2D eigenvalue weighted by Gasteiger charge is -2.22. The molecule has 1 aromatic heterocycles. The van der Waals surface area contributed by atoms with Gasteiger partial charge in [-0.3, -0.25) is 9.59 Å². The predicted molar refractivity (Wildman–Crippen MR) is 187 cm³/mol. The molecule has 0 unspecified atom stereocenters. The number of carbonyl (C=O) groups excluding carboxylic acids is 2. The number of benzene rings is 3. The quantitative estimate of drug-likeness (QED) is 0.129. The Balaban J connectivity index is 1.84. The zero-order chi connectivity index (χ0) is 37.0. The van der Waals surface area contributed by atoms with E-state index in [2.05, 4.69) is 4.72 Å². The molecule has 0 fully saturated rings. The summed E-state index contributed by atoms with van der Waals surface area (Å²) in [6.45, 7) is 10.6. The van der Waals surface area contributed by atoms with Gasteiger partial charge >= 0.3 is 5.97 Å². The first-order chi connectivity index (χ1) is 23.4. The third kappa shape index (κ3) is 9.64. The minimum absolute atomic E-state index is 0.0149.